The van der Waals surface area contributed by atoms with Gasteiger partial charge in [-0.05, 0) is 25.5 Å². The molecule has 1 rings (SSSR count). The number of rotatable bonds is 5. The zero-order valence-electron chi connectivity index (χ0n) is 9.43. The average Bonchev–Trinajstić information content (AvgIpc) is 2.34. The fourth-order valence-electron chi connectivity index (χ4n) is 1.16. The van der Waals surface area contributed by atoms with E-state index in [9.17, 15) is 4.79 Å². The van der Waals surface area contributed by atoms with E-state index in [4.69, 9.17) is 4.74 Å². The summed E-state index contributed by atoms with van der Waals surface area (Å²) in [6.45, 7) is 2.38. The van der Waals surface area contributed by atoms with Crippen molar-refractivity contribution in [1.82, 2.24) is 0 Å². The largest absolute Gasteiger partial charge is 0.462 e. The van der Waals surface area contributed by atoms with E-state index in [-0.39, 0.29) is 5.97 Å². The van der Waals surface area contributed by atoms with Crippen molar-refractivity contribution in [1.29, 1.82) is 0 Å². The van der Waals surface area contributed by atoms with Crippen LogP contribution < -0.4 is 0 Å². The van der Waals surface area contributed by atoms with Gasteiger partial charge in [0.25, 0.3) is 0 Å². The van der Waals surface area contributed by atoms with Crippen LogP contribution in [0.5, 0.6) is 0 Å². The van der Waals surface area contributed by atoms with E-state index in [1.54, 1.807) is 12.1 Å². The third kappa shape index (κ3) is 4.60. The minimum absolute atomic E-state index is 0.264. The van der Waals surface area contributed by atoms with Crippen LogP contribution in [0.15, 0.2) is 54.6 Å². The van der Waals surface area contributed by atoms with Crippen LogP contribution in [0.2, 0.25) is 0 Å². The summed E-state index contributed by atoms with van der Waals surface area (Å²) in [6, 6.07) is 9.01. The molecule has 2 nitrogen and oxygen atoms in total. The van der Waals surface area contributed by atoms with Crippen molar-refractivity contribution < 1.29 is 9.53 Å². The predicted octanol–water partition coefficient (Wildman–Crippen LogP) is 3.37. The first-order valence-electron chi connectivity index (χ1n) is 5.34. The van der Waals surface area contributed by atoms with Crippen LogP contribution in [0.3, 0.4) is 0 Å². The first-order chi connectivity index (χ1) is 7.84. The van der Waals surface area contributed by atoms with Crippen LogP contribution in [0.25, 0.3) is 0 Å². The van der Waals surface area contributed by atoms with Crippen molar-refractivity contribution >= 4 is 5.97 Å². The molecule has 0 aliphatic heterocycles. The molecule has 0 amide bonds. The molecule has 0 N–H and O–H groups in total. The predicted molar refractivity (Wildman–Crippen MR) is 65.3 cm³/mol. The molecule has 84 valence electrons. The number of hydrogen-bond donors (Lipinski definition) is 0. The monoisotopic (exact) mass is 216 g/mol. The lowest BCUT2D eigenvalue weighted by Crippen LogP contribution is -2.05. The van der Waals surface area contributed by atoms with Gasteiger partial charge in [0.15, 0.2) is 0 Å². The minimum atomic E-state index is -0.264. The van der Waals surface area contributed by atoms with Crippen LogP contribution in [0, 0.1) is 0 Å². The van der Waals surface area contributed by atoms with E-state index in [0.29, 0.717) is 12.2 Å². The third-order valence-corrected chi connectivity index (χ3v) is 1.97. The quantitative estimate of drug-likeness (QED) is 0.428. The summed E-state index contributed by atoms with van der Waals surface area (Å²) in [4.78, 5) is 11.5. The normalized spacial score (nSPS) is 11.1. The second kappa shape index (κ2) is 7.46. The number of allylic oxidation sites excluding steroid dienone is 3. The standard InChI is InChI=1S/C14H16O2/c1-2-3-4-5-9-12-16-14(15)13-10-7-6-8-11-13/h2-8,10-11H,9,12H2,1H3/b3-2+,5-4+. The highest BCUT2D eigenvalue weighted by atomic mass is 16.5. The molecule has 2 heteroatoms. The van der Waals surface area contributed by atoms with Gasteiger partial charge >= 0.3 is 5.97 Å². The lowest BCUT2D eigenvalue weighted by atomic mass is 10.2. The Morgan fingerprint density at radius 3 is 2.69 bits per heavy atom. The van der Waals surface area contributed by atoms with Crippen molar-refractivity contribution in [3.8, 4) is 0 Å². The summed E-state index contributed by atoms with van der Waals surface area (Å²) in [6.07, 6.45) is 8.54. The number of ether oxygens (including phenoxy) is 1. The zero-order chi connectivity index (χ0) is 11.6. The maximum absolute atomic E-state index is 11.5. The molecule has 0 aromatic heterocycles. The second-order valence-corrected chi connectivity index (χ2v) is 3.24. The van der Waals surface area contributed by atoms with Crippen LogP contribution in [0.1, 0.15) is 23.7 Å². The zero-order valence-corrected chi connectivity index (χ0v) is 9.43. The first-order valence-corrected chi connectivity index (χ1v) is 5.34. The Kier molecular flexibility index (Phi) is 5.71. The summed E-state index contributed by atoms with van der Waals surface area (Å²) in [5.41, 5.74) is 0.597. The van der Waals surface area contributed by atoms with Gasteiger partial charge in [-0.25, -0.2) is 4.79 Å². The molecule has 0 aliphatic rings. The van der Waals surface area contributed by atoms with Crippen LogP contribution in [-0.2, 0) is 4.74 Å². The Morgan fingerprint density at radius 1 is 1.25 bits per heavy atom. The molecular weight excluding hydrogens is 200 g/mol. The van der Waals surface area contributed by atoms with Crippen molar-refractivity contribution in [2.24, 2.45) is 0 Å². The van der Waals surface area contributed by atoms with Gasteiger partial charge < -0.3 is 4.74 Å². The van der Waals surface area contributed by atoms with Crippen molar-refractivity contribution in [2.75, 3.05) is 6.61 Å². The van der Waals surface area contributed by atoms with Crippen molar-refractivity contribution in [3.63, 3.8) is 0 Å². The minimum Gasteiger partial charge on any atom is -0.462 e. The molecule has 0 unspecified atom stereocenters. The summed E-state index contributed by atoms with van der Waals surface area (Å²) >= 11 is 0. The van der Waals surface area contributed by atoms with Gasteiger partial charge in [-0.15, -0.1) is 0 Å². The smallest absolute Gasteiger partial charge is 0.338 e. The highest BCUT2D eigenvalue weighted by molar-refractivity contribution is 5.89. The molecule has 0 bridgehead atoms. The Hall–Kier alpha value is -1.83. The molecule has 0 saturated carbocycles. The van der Waals surface area contributed by atoms with E-state index in [0.717, 1.165) is 6.42 Å². The van der Waals surface area contributed by atoms with Gasteiger partial charge in [-0.1, -0.05) is 42.5 Å². The number of carbonyl (C=O) groups excluding carboxylic acids is 1. The Morgan fingerprint density at radius 2 is 2.00 bits per heavy atom. The lowest BCUT2D eigenvalue weighted by molar-refractivity contribution is 0.0511. The van der Waals surface area contributed by atoms with Crippen molar-refractivity contribution in [3.05, 3.63) is 60.2 Å². The average molecular weight is 216 g/mol. The first kappa shape index (κ1) is 12.2. The summed E-state index contributed by atoms with van der Waals surface area (Å²) in [5.74, 6) is -0.264. The SMILES string of the molecule is C/C=C/C=C/CCOC(=O)c1ccccc1. The fourth-order valence-corrected chi connectivity index (χ4v) is 1.16. The summed E-state index contributed by atoms with van der Waals surface area (Å²) in [7, 11) is 0. The molecule has 0 atom stereocenters. The molecule has 16 heavy (non-hydrogen) atoms. The Bertz CT molecular complexity index is 364. The van der Waals surface area contributed by atoms with Gasteiger partial charge in [-0.3, -0.25) is 0 Å². The Labute approximate surface area is 96.2 Å². The van der Waals surface area contributed by atoms with E-state index in [1.807, 2.05) is 49.4 Å². The van der Waals surface area contributed by atoms with Crippen molar-refractivity contribution in [2.45, 2.75) is 13.3 Å². The molecular formula is C14H16O2. The number of carbonyl (C=O) groups is 1. The molecule has 0 fully saturated rings. The molecule has 0 spiro atoms. The van der Waals surface area contributed by atoms with E-state index >= 15 is 0 Å². The van der Waals surface area contributed by atoms with Gasteiger partial charge in [0, 0.05) is 0 Å². The molecule has 0 aliphatic carbocycles. The van der Waals surface area contributed by atoms with Gasteiger partial charge in [0.05, 0.1) is 12.2 Å². The summed E-state index contributed by atoms with van der Waals surface area (Å²) < 4.78 is 5.09. The fraction of sp³-hybridized carbons (Fsp3) is 0.214. The van der Waals surface area contributed by atoms with Crippen LogP contribution in [0.4, 0.5) is 0 Å². The summed E-state index contributed by atoms with van der Waals surface area (Å²) in [5, 5.41) is 0. The van der Waals surface area contributed by atoms with E-state index in [1.165, 1.54) is 0 Å². The molecule has 0 radical (unpaired) electrons. The lowest BCUT2D eigenvalue weighted by Gasteiger charge is -2.01. The van der Waals surface area contributed by atoms with Crippen LogP contribution >= 0.6 is 0 Å². The van der Waals surface area contributed by atoms with E-state index in [2.05, 4.69) is 0 Å². The molecule has 0 saturated heterocycles. The topological polar surface area (TPSA) is 26.3 Å². The molecule has 1 aromatic rings. The van der Waals surface area contributed by atoms with Crippen LogP contribution in [-0.4, -0.2) is 12.6 Å². The molecule has 0 heterocycles. The highest BCUT2D eigenvalue weighted by Gasteiger charge is 2.03. The molecule has 1 aromatic carbocycles. The number of hydrogen-bond acceptors (Lipinski definition) is 2. The number of esters is 1. The van der Waals surface area contributed by atoms with Gasteiger partial charge in [0.2, 0.25) is 0 Å². The van der Waals surface area contributed by atoms with E-state index < -0.39 is 0 Å². The number of benzene rings is 1. The Balaban J connectivity index is 2.26. The van der Waals surface area contributed by atoms with Gasteiger partial charge in [-0.2, -0.15) is 0 Å². The third-order valence-electron chi connectivity index (χ3n) is 1.97. The maximum atomic E-state index is 11.5. The second-order valence-electron chi connectivity index (χ2n) is 3.24. The highest BCUT2D eigenvalue weighted by Crippen LogP contribution is 2.01. The maximum Gasteiger partial charge on any atom is 0.338 e. The van der Waals surface area contributed by atoms with Gasteiger partial charge in [0.1, 0.15) is 0 Å².